The van der Waals surface area contributed by atoms with E-state index in [9.17, 15) is 9.90 Å². The Morgan fingerprint density at radius 1 is 1.12 bits per heavy atom. The zero-order chi connectivity index (χ0) is 17.6. The summed E-state index contributed by atoms with van der Waals surface area (Å²) < 4.78 is 0. The van der Waals surface area contributed by atoms with Crippen LogP contribution in [0.3, 0.4) is 0 Å². The standard InChI is InChI=1S/C20H18N2O2S/c21-12-15-7-4-8-16(11-15)13-25-19-18(23)17(22-20(19)24)10-9-14-5-2-1-3-6-14/h1-8,11,17,23H,9-10,13H2,(H,22,24). The number of amides is 1. The van der Waals surface area contributed by atoms with Crippen molar-refractivity contribution in [1.82, 2.24) is 5.32 Å². The van der Waals surface area contributed by atoms with Crippen molar-refractivity contribution in [2.75, 3.05) is 0 Å². The van der Waals surface area contributed by atoms with E-state index in [4.69, 9.17) is 5.26 Å². The number of nitrogens with zero attached hydrogens (tertiary/aromatic N) is 1. The third kappa shape index (κ3) is 4.23. The Labute approximate surface area is 151 Å². The summed E-state index contributed by atoms with van der Waals surface area (Å²) in [5.41, 5.74) is 2.72. The van der Waals surface area contributed by atoms with Gasteiger partial charge in [-0.2, -0.15) is 5.26 Å². The molecule has 1 heterocycles. The number of rotatable bonds is 6. The first kappa shape index (κ1) is 17.1. The van der Waals surface area contributed by atoms with Crippen molar-refractivity contribution >= 4 is 17.7 Å². The summed E-state index contributed by atoms with van der Waals surface area (Å²) in [6.07, 6.45) is 1.45. The maximum absolute atomic E-state index is 12.1. The highest BCUT2D eigenvalue weighted by Crippen LogP contribution is 2.30. The normalized spacial score (nSPS) is 16.6. The van der Waals surface area contributed by atoms with Gasteiger partial charge in [0.1, 0.15) is 10.7 Å². The molecule has 0 saturated carbocycles. The van der Waals surface area contributed by atoms with Gasteiger partial charge in [-0.05, 0) is 36.1 Å². The topological polar surface area (TPSA) is 73.1 Å². The molecule has 1 unspecified atom stereocenters. The van der Waals surface area contributed by atoms with Crippen molar-refractivity contribution in [2.24, 2.45) is 0 Å². The van der Waals surface area contributed by atoms with Crippen LogP contribution >= 0.6 is 11.8 Å². The summed E-state index contributed by atoms with van der Waals surface area (Å²) in [5.74, 6) is 0.438. The Bertz CT molecular complexity index is 840. The SMILES string of the molecule is N#Cc1cccc(CSC2=C(O)C(CCc3ccccc3)NC2=O)c1. The fraction of sp³-hybridized carbons (Fsp3) is 0.200. The Morgan fingerprint density at radius 3 is 2.64 bits per heavy atom. The van der Waals surface area contributed by atoms with Gasteiger partial charge in [0, 0.05) is 5.75 Å². The average molecular weight is 350 g/mol. The summed E-state index contributed by atoms with van der Waals surface area (Å²) in [6, 6.07) is 19.0. The molecule has 0 aromatic heterocycles. The van der Waals surface area contributed by atoms with Crippen LogP contribution in [0, 0.1) is 11.3 Å². The molecule has 1 atom stereocenters. The van der Waals surface area contributed by atoms with Gasteiger partial charge < -0.3 is 10.4 Å². The number of hydrogen-bond donors (Lipinski definition) is 2. The van der Waals surface area contributed by atoms with Crippen molar-refractivity contribution in [3.8, 4) is 6.07 Å². The molecule has 2 N–H and O–H groups in total. The van der Waals surface area contributed by atoms with Crippen molar-refractivity contribution in [3.05, 3.63) is 82.0 Å². The van der Waals surface area contributed by atoms with Crippen LogP contribution in [0.4, 0.5) is 0 Å². The first-order valence-corrected chi connectivity index (χ1v) is 9.05. The Hall–Kier alpha value is -2.71. The number of nitrogens with one attached hydrogen (secondary N) is 1. The van der Waals surface area contributed by atoms with E-state index in [2.05, 4.69) is 11.4 Å². The molecule has 0 saturated heterocycles. The third-order valence-electron chi connectivity index (χ3n) is 4.08. The van der Waals surface area contributed by atoms with E-state index in [1.54, 1.807) is 12.1 Å². The predicted octanol–water partition coefficient (Wildman–Crippen LogP) is 3.69. The molecule has 1 aliphatic rings. The number of hydrogen-bond acceptors (Lipinski definition) is 4. The molecule has 0 spiro atoms. The molecular weight excluding hydrogens is 332 g/mol. The minimum absolute atomic E-state index is 0.127. The number of benzene rings is 2. The minimum Gasteiger partial charge on any atom is -0.509 e. The largest absolute Gasteiger partial charge is 0.509 e. The lowest BCUT2D eigenvalue weighted by Crippen LogP contribution is -2.29. The smallest absolute Gasteiger partial charge is 0.261 e. The van der Waals surface area contributed by atoms with Crippen LogP contribution in [-0.4, -0.2) is 17.1 Å². The van der Waals surface area contributed by atoms with E-state index >= 15 is 0 Å². The first-order valence-electron chi connectivity index (χ1n) is 8.07. The molecule has 126 valence electrons. The average Bonchev–Trinajstić information content (AvgIpc) is 2.92. The molecule has 1 amide bonds. The number of carbonyl (C=O) groups is 1. The molecule has 1 aliphatic heterocycles. The number of aliphatic hydroxyl groups is 1. The second kappa shape index (κ2) is 7.91. The van der Waals surface area contributed by atoms with E-state index in [1.807, 2.05) is 42.5 Å². The van der Waals surface area contributed by atoms with Crippen molar-refractivity contribution in [1.29, 1.82) is 5.26 Å². The summed E-state index contributed by atoms with van der Waals surface area (Å²) in [7, 11) is 0. The van der Waals surface area contributed by atoms with Crippen LogP contribution in [-0.2, 0) is 17.0 Å². The van der Waals surface area contributed by atoms with E-state index in [1.165, 1.54) is 17.3 Å². The minimum atomic E-state index is -0.333. The van der Waals surface area contributed by atoms with Crippen LogP contribution in [0.5, 0.6) is 0 Å². The van der Waals surface area contributed by atoms with Crippen LogP contribution in [0.1, 0.15) is 23.1 Å². The van der Waals surface area contributed by atoms with E-state index in [0.717, 1.165) is 12.0 Å². The van der Waals surface area contributed by atoms with Gasteiger partial charge >= 0.3 is 0 Å². The number of aliphatic hydroxyl groups excluding tert-OH is 1. The molecule has 0 radical (unpaired) electrons. The summed E-state index contributed by atoms with van der Waals surface area (Å²) in [6.45, 7) is 0. The Kier molecular flexibility index (Phi) is 5.42. The van der Waals surface area contributed by atoms with Gasteiger partial charge in [0.15, 0.2) is 0 Å². The van der Waals surface area contributed by atoms with Gasteiger partial charge in [0.05, 0.1) is 17.7 Å². The van der Waals surface area contributed by atoms with Crippen LogP contribution in [0.2, 0.25) is 0 Å². The molecular formula is C20H18N2O2S. The van der Waals surface area contributed by atoms with Crippen LogP contribution in [0.25, 0.3) is 0 Å². The number of carbonyl (C=O) groups excluding carboxylic acids is 1. The van der Waals surface area contributed by atoms with Crippen LogP contribution < -0.4 is 5.32 Å². The lowest BCUT2D eigenvalue weighted by Gasteiger charge is -2.10. The maximum atomic E-state index is 12.1. The molecule has 2 aromatic rings. The molecule has 0 aliphatic carbocycles. The zero-order valence-corrected chi connectivity index (χ0v) is 14.4. The van der Waals surface area contributed by atoms with Gasteiger partial charge in [0.25, 0.3) is 5.91 Å². The number of nitriles is 1. The molecule has 2 aromatic carbocycles. The van der Waals surface area contributed by atoms with Crippen LogP contribution in [0.15, 0.2) is 65.3 Å². The van der Waals surface area contributed by atoms with Gasteiger partial charge in [-0.1, -0.05) is 42.5 Å². The van der Waals surface area contributed by atoms with E-state index in [0.29, 0.717) is 22.6 Å². The molecule has 0 fully saturated rings. The highest BCUT2D eigenvalue weighted by atomic mass is 32.2. The molecule has 4 nitrogen and oxygen atoms in total. The molecule has 5 heteroatoms. The first-order chi connectivity index (χ1) is 12.2. The molecule has 25 heavy (non-hydrogen) atoms. The number of aryl methyl sites for hydroxylation is 1. The van der Waals surface area contributed by atoms with E-state index in [-0.39, 0.29) is 17.7 Å². The van der Waals surface area contributed by atoms with Gasteiger partial charge in [-0.25, -0.2) is 0 Å². The highest BCUT2D eigenvalue weighted by Gasteiger charge is 2.31. The summed E-state index contributed by atoms with van der Waals surface area (Å²) in [4.78, 5) is 12.5. The second-order valence-electron chi connectivity index (χ2n) is 5.87. The highest BCUT2D eigenvalue weighted by molar-refractivity contribution is 8.03. The monoisotopic (exact) mass is 350 g/mol. The zero-order valence-electron chi connectivity index (χ0n) is 13.6. The third-order valence-corrected chi connectivity index (χ3v) is 5.24. The summed E-state index contributed by atoms with van der Waals surface area (Å²) in [5, 5.41) is 22.2. The van der Waals surface area contributed by atoms with Crippen molar-refractivity contribution in [2.45, 2.75) is 24.6 Å². The lowest BCUT2D eigenvalue weighted by atomic mass is 10.1. The van der Waals surface area contributed by atoms with E-state index < -0.39 is 0 Å². The lowest BCUT2D eigenvalue weighted by molar-refractivity contribution is -0.116. The fourth-order valence-electron chi connectivity index (χ4n) is 2.76. The maximum Gasteiger partial charge on any atom is 0.261 e. The Morgan fingerprint density at radius 2 is 1.88 bits per heavy atom. The molecule has 3 rings (SSSR count). The quantitative estimate of drug-likeness (QED) is 0.833. The number of thioether (sulfide) groups is 1. The van der Waals surface area contributed by atoms with Crippen molar-refractivity contribution < 1.29 is 9.90 Å². The van der Waals surface area contributed by atoms with Gasteiger partial charge in [0.2, 0.25) is 0 Å². The van der Waals surface area contributed by atoms with Gasteiger partial charge in [-0.15, -0.1) is 11.8 Å². The van der Waals surface area contributed by atoms with Crippen molar-refractivity contribution in [3.63, 3.8) is 0 Å². The summed E-state index contributed by atoms with van der Waals surface area (Å²) >= 11 is 1.31. The fourth-order valence-corrected chi connectivity index (χ4v) is 3.73. The van der Waals surface area contributed by atoms with Gasteiger partial charge in [-0.3, -0.25) is 4.79 Å². The Balaban J connectivity index is 1.62. The molecule has 0 bridgehead atoms. The second-order valence-corrected chi connectivity index (χ2v) is 6.85. The predicted molar refractivity (Wildman–Crippen MR) is 98.8 cm³/mol.